The smallest absolute Gasteiger partial charge is 0.252 e. The van der Waals surface area contributed by atoms with Crippen LogP contribution in [-0.2, 0) is 14.8 Å². The van der Waals surface area contributed by atoms with Gasteiger partial charge in [0.25, 0.3) is 10.0 Å². The summed E-state index contributed by atoms with van der Waals surface area (Å²) in [6, 6.07) is 7.35. The van der Waals surface area contributed by atoms with Crippen LogP contribution in [-0.4, -0.2) is 43.7 Å². The minimum Gasteiger partial charge on any atom is -0.334 e. The summed E-state index contributed by atoms with van der Waals surface area (Å²) in [5, 5.41) is 3.72. The molecule has 0 unspecified atom stereocenters. The summed E-state index contributed by atoms with van der Waals surface area (Å²) in [4.78, 5) is 15.6. The van der Waals surface area contributed by atoms with Crippen molar-refractivity contribution in [2.45, 2.75) is 23.1 Å². The summed E-state index contributed by atoms with van der Waals surface area (Å²) in [7, 11) is -2.12. The molecule has 3 heterocycles. The lowest BCUT2D eigenvalue weighted by atomic mass is 10.2. The minimum absolute atomic E-state index is 0.0836. The normalized spacial score (nSPS) is 18.7. The molecule has 0 spiro atoms. The molecule has 0 saturated carbocycles. The van der Waals surface area contributed by atoms with Gasteiger partial charge in [0, 0.05) is 18.5 Å². The average molecular weight is 371 g/mol. The molecule has 3 rings (SSSR count). The number of thiophene rings is 2. The standard InChI is InChI=1S/C15H18N2O3S3/c1-16(23(19,20)15-7-4-10-22-15)11-14(18)17-8-2-5-12(17)13-6-3-9-21-13/h3-4,6-7,9-10,12H,2,5,8,11H2,1H3/t12-/m0/s1. The minimum atomic E-state index is -3.58. The molecule has 2 aromatic heterocycles. The molecule has 0 radical (unpaired) electrons. The van der Waals surface area contributed by atoms with Gasteiger partial charge >= 0.3 is 0 Å². The number of sulfonamides is 1. The lowest BCUT2D eigenvalue weighted by Gasteiger charge is -2.26. The highest BCUT2D eigenvalue weighted by atomic mass is 32.2. The molecular formula is C15H18N2O3S3. The number of rotatable bonds is 5. The van der Waals surface area contributed by atoms with E-state index in [0.29, 0.717) is 6.54 Å². The highest BCUT2D eigenvalue weighted by Crippen LogP contribution is 2.34. The van der Waals surface area contributed by atoms with Crippen molar-refractivity contribution in [2.75, 3.05) is 20.1 Å². The summed E-state index contributed by atoms with van der Waals surface area (Å²) >= 11 is 2.80. The largest absolute Gasteiger partial charge is 0.334 e. The Kier molecular flexibility index (Phi) is 4.86. The summed E-state index contributed by atoms with van der Waals surface area (Å²) in [5.74, 6) is -0.136. The van der Waals surface area contributed by atoms with Crippen LogP contribution < -0.4 is 0 Å². The highest BCUT2D eigenvalue weighted by molar-refractivity contribution is 7.91. The molecule has 1 atom stereocenters. The second kappa shape index (κ2) is 6.72. The van der Waals surface area contributed by atoms with Gasteiger partial charge in [-0.3, -0.25) is 4.79 Å². The molecule has 124 valence electrons. The van der Waals surface area contributed by atoms with Crippen LogP contribution in [0, 0.1) is 0 Å². The van der Waals surface area contributed by atoms with Crippen molar-refractivity contribution >= 4 is 38.6 Å². The van der Waals surface area contributed by atoms with E-state index in [4.69, 9.17) is 0 Å². The Morgan fingerprint density at radius 2 is 2.04 bits per heavy atom. The molecule has 23 heavy (non-hydrogen) atoms. The Morgan fingerprint density at radius 1 is 1.30 bits per heavy atom. The van der Waals surface area contributed by atoms with Gasteiger partial charge in [0.1, 0.15) is 4.21 Å². The first kappa shape index (κ1) is 16.6. The Bertz CT molecular complexity index is 754. The van der Waals surface area contributed by atoms with Gasteiger partial charge < -0.3 is 4.90 Å². The van der Waals surface area contributed by atoms with E-state index in [1.807, 2.05) is 22.4 Å². The molecule has 1 amide bonds. The third kappa shape index (κ3) is 3.35. The molecule has 0 aliphatic carbocycles. The van der Waals surface area contributed by atoms with E-state index in [-0.39, 0.29) is 22.7 Å². The zero-order valence-corrected chi connectivity index (χ0v) is 15.2. The molecule has 1 aliphatic rings. The fourth-order valence-corrected chi connectivity index (χ4v) is 5.97. The molecular weight excluding hydrogens is 352 g/mol. The van der Waals surface area contributed by atoms with Crippen molar-refractivity contribution in [2.24, 2.45) is 0 Å². The number of nitrogens with zero attached hydrogens (tertiary/aromatic N) is 2. The first-order chi connectivity index (χ1) is 11.0. The van der Waals surface area contributed by atoms with E-state index in [1.54, 1.807) is 28.8 Å². The van der Waals surface area contributed by atoms with Gasteiger partial charge in [-0.05, 0) is 35.7 Å². The zero-order chi connectivity index (χ0) is 16.4. The lowest BCUT2D eigenvalue weighted by molar-refractivity contribution is -0.132. The van der Waals surface area contributed by atoms with Gasteiger partial charge in [0.05, 0.1) is 12.6 Å². The van der Waals surface area contributed by atoms with E-state index in [9.17, 15) is 13.2 Å². The predicted molar refractivity (Wildman–Crippen MR) is 92.1 cm³/mol. The molecule has 5 nitrogen and oxygen atoms in total. The number of likely N-dealkylation sites (N-methyl/N-ethyl adjacent to an activating group) is 1. The summed E-state index contributed by atoms with van der Waals surface area (Å²) in [6.45, 7) is 0.566. The number of likely N-dealkylation sites (tertiary alicyclic amines) is 1. The Morgan fingerprint density at radius 3 is 2.70 bits per heavy atom. The van der Waals surface area contributed by atoms with Gasteiger partial charge in [0.2, 0.25) is 5.91 Å². The van der Waals surface area contributed by atoms with Crippen LogP contribution in [0.3, 0.4) is 0 Å². The number of hydrogen-bond donors (Lipinski definition) is 0. The maximum absolute atomic E-state index is 12.6. The highest BCUT2D eigenvalue weighted by Gasteiger charge is 2.33. The van der Waals surface area contributed by atoms with E-state index in [0.717, 1.165) is 28.5 Å². The second-order valence-electron chi connectivity index (χ2n) is 5.45. The molecule has 0 bridgehead atoms. The second-order valence-corrected chi connectivity index (χ2v) is 9.65. The summed E-state index contributed by atoms with van der Waals surface area (Å²) in [5.41, 5.74) is 0. The van der Waals surface area contributed by atoms with Crippen molar-refractivity contribution in [3.63, 3.8) is 0 Å². The summed E-state index contributed by atoms with van der Waals surface area (Å²) < 4.78 is 26.3. The fraction of sp³-hybridized carbons (Fsp3) is 0.400. The van der Waals surface area contributed by atoms with Gasteiger partial charge in [-0.2, -0.15) is 4.31 Å². The quantitative estimate of drug-likeness (QED) is 0.813. The number of amides is 1. The molecule has 0 N–H and O–H groups in total. The molecule has 1 aliphatic heterocycles. The van der Waals surface area contributed by atoms with Crippen molar-refractivity contribution in [3.8, 4) is 0 Å². The third-order valence-corrected chi connectivity index (χ3v) is 8.11. The van der Waals surface area contributed by atoms with Gasteiger partial charge in [-0.25, -0.2) is 8.42 Å². The molecule has 2 aromatic rings. The van der Waals surface area contributed by atoms with Crippen LogP contribution in [0.5, 0.6) is 0 Å². The van der Waals surface area contributed by atoms with Crippen LogP contribution >= 0.6 is 22.7 Å². The van der Waals surface area contributed by atoms with Crippen molar-refractivity contribution in [3.05, 3.63) is 39.9 Å². The van der Waals surface area contributed by atoms with Crippen molar-refractivity contribution in [1.82, 2.24) is 9.21 Å². The number of carbonyl (C=O) groups is 1. The van der Waals surface area contributed by atoms with Crippen LogP contribution in [0.4, 0.5) is 0 Å². The lowest BCUT2D eigenvalue weighted by Crippen LogP contribution is -2.40. The van der Waals surface area contributed by atoms with E-state index in [2.05, 4.69) is 0 Å². The number of carbonyl (C=O) groups excluding carboxylic acids is 1. The van der Waals surface area contributed by atoms with E-state index in [1.165, 1.54) is 11.9 Å². The predicted octanol–water partition coefficient (Wildman–Crippen LogP) is 2.79. The zero-order valence-electron chi connectivity index (χ0n) is 12.7. The van der Waals surface area contributed by atoms with Crippen LogP contribution in [0.25, 0.3) is 0 Å². The topological polar surface area (TPSA) is 57.7 Å². The molecule has 1 saturated heterocycles. The number of hydrogen-bond acceptors (Lipinski definition) is 5. The van der Waals surface area contributed by atoms with Gasteiger partial charge in [-0.1, -0.05) is 12.1 Å². The molecule has 8 heteroatoms. The van der Waals surface area contributed by atoms with Gasteiger partial charge in [0.15, 0.2) is 0 Å². The van der Waals surface area contributed by atoms with Crippen LogP contribution in [0.2, 0.25) is 0 Å². The Labute approximate surface area is 144 Å². The van der Waals surface area contributed by atoms with Crippen LogP contribution in [0.1, 0.15) is 23.8 Å². The van der Waals surface area contributed by atoms with Crippen LogP contribution in [0.15, 0.2) is 39.2 Å². The average Bonchev–Trinajstić information content (AvgIpc) is 3.25. The van der Waals surface area contributed by atoms with E-state index < -0.39 is 10.0 Å². The first-order valence-electron chi connectivity index (χ1n) is 7.33. The monoisotopic (exact) mass is 370 g/mol. The third-order valence-electron chi connectivity index (χ3n) is 3.96. The van der Waals surface area contributed by atoms with E-state index >= 15 is 0 Å². The Hall–Kier alpha value is -1.22. The fourth-order valence-electron chi connectivity index (χ4n) is 2.77. The Balaban J connectivity index is 1.71. The molecule has 1 fully saturated rings. The van der Waals surface area contributed by atoms with Crippen molar-refractivity contribution in [1.29, 1.82) is 0 Å². The molecule has 0 aromatic carbocycles. The van der Waals surface area contributed by atoms with Gasteiger partial charge in [-0.15, -0.1) is 22.7 Å². The SMILES string of the molecule is CN(CC(=O)N1CCC[C@H]1c1cccs1)S(=O)(=O)c1cccs1. The maximum Gasteiger partial charge on any atom is 0.252 e. The summed E-state index contributed by atoms with van der Waals surface area (Å²) in [6.07, 6.45) is 1.89. The maximum atomic E-state index is 12.6. The first-order valence-corrected chi connectivity index (χ1v) is 10.5. The van der Waals surface area contributed by atoms with Crippen molar-refractivity contribution < 1.29 is 13.2 Å².